The minimum absolute atomic E-state index is 0. The van der Waals surface area contributed by atoms with Gasteiger partial charge in [0, 0.05) is 63.2 Å². The zero-order valence-electron chi connectivity index (χ0n) is 5.81. The third kappa shape index (κ3) is 46.0. The maximum atomic E-state index is 3.69. The van der Waals surface area contributed by atoms with Gasteiger partial charge in [-0.3, -0.25) is 6.67 Å². The fourth-order valence-electron chi connectivity index (χ4n) is 0.141. The molecule has 3 nitrogen and oxygen atoms in total. The Kier molecular flexibility index (Phi) is 161. The van der Waals surface area contributed by atoms with Gasteiger partial charge in [0.2, 0.25) is 0 Å². The van der Waals surface area contributed by atoms with Crippen LogP contribution >= 0.6 is 0 Å². The van der Waals surface area contributed by atoms with Gasteiger partial charge in [0.25, 0.3) is 0 Å². The van der Waals surface area contributed by atoms with Crippen LogP contribution in [0.25, 0.3) is 16.8 Å². The SMILES string of the molecule is C[N-]C[N-]C.[NH2-].[W+2].[W].[W].[W]. The molecule has 0 amide bonds. The van der Waals surface area contributed by atoms with Crippen molar-refractivity contribution >= 4 is 0 Å². The van der Waals surface area contributed by atoms with E-state index in [0.29, 0.717) is 6.67 Å². The van der Waals surface area contributed by atoms with E-state index in [-0.39, 0.29) is 90.4 Å². The molecule has 0 aromatic heterocycles. The first kappa shape index (κ1) is 38.9. The van der Waals surface area contributed by atoms with Crippen molar-refractivity contribution in [2.75, 3.05) is 20.8 Å². The molecular weight excluding hydrogens is 813 g/mol. The number of nitrogens with two attached hydrogens (primary N) is 1. The van der Waals surface area contributed by atoms with Crippen LogP contribution < -0.4 is 0 Å². The summed E-state index contributed by atoms with van der Waals surface area (Å²) in [5.74, 6) is 0. The molecule has 62 valence electrons. The molecule has 7 heteroatoms. The van der Waals surface area contributed by atoms with Gasteiger partial charge in [-0.15, -0.1) is 0 Å². The molecule has 0 radical (unpaired) electrons. The molecule has 0 rings (SSSR count). The summed E-state index contributed by atoms with van der Waals surface area (Å²) in [7, 11) is 3.49. The summed E-state index contributed by atoms with van der Waals surface area (Å²) < 4.78 is 0. The predicted octanol–water partition coefficient (Wildman–Crippen LogP) is 1.66. The Balaban J connectivity index is -0.00000000800. The van der Waals surface area contributed by atoms with Crippen molar-refractivity contribution in [2.45, 2.75) is 0 Å². The summed E-state index contributed by atoms with van der Waals surface area (Å²) in [6.07, 6.45) is 0. The molecule has 0 spiro atoms. The summed E-state index contributed by atoms with van der Waals surface area (Å²) in [6.45, 7) is 0.639. The summed E-state index contributed by atoms with van der Waals surface area (Å²) in [5.41, 5.74) is 0. The Morgan fingerprint density at radius 3 is 1.10 bits per heavy atom. The largest absolute Gasteiger partial charge is 2.00 e. The average molecular weight is 823 g/mol. The molecule has 0 saturated carbocycles. The van der Waals surface area contributed by atoms with Crippen molar-refractivity contribution in [2.24, 2.45) is 0 Å². The van der Waals surface area contributed by atoms with E-state index in [1.165, 1.54) is 0 Å². The molecule has 10 heavy (non-hydrogen) atoms. The van der Waals surface area contributed by atoms with Gasteiger partial charge in [-0.05, 0) is 0 Å². The smallest absolute Gasteiger partial charge is 0.693 e. The first-order chi connectivity index (χ1) is 2.41. The van der Waals surface area contributed by atoms with Crippen molar-refractivity contribution in [1.29, 1.82) is 0 Å². The van der Waals surface area contributed by atoms with Crippen molar-refractivity contribution in [3.63, 3.8) is 0 Å². The van der Waals surface area contributed by atoms with Crippen LogP contribution in [0.15, 0.2) is 0 Å². The molecule has 0 aromatic carbocycles. The van der Waals surface area contributed by atoms with E-state index in [1.54, 1.807) is 14.1 Å². The summed E-state index contributed by atoms with van der Waals surface area (Å²) in [5, 5.41) is 7.38. The first-order valence-corrected chi connectivity index (χ1v) is 1.53. The molecule has 0 aromatic rings. The van der Waals surface area contributed by atoms with Gasteiger partial charge in [0.15, 0.2) is 0 Å². The molecule has 0 saturated heterocycles. The van der Waals surface area contributed by atoms with Gasteiger partial charge in [0.1, 0.15) is 0 Å². The summed E-state index contributed by atoms with van der Waals surface area (Å²) >= 11 is 0. The van der Waals surface area contributed by atoms with Gasteiger partial charge in [-0.2, -0.15) is 14.1 Å². The van der Waals surface area contributed by atoms with Crippen LogP contribution in [0, 0.1) is 0 Å². The maximum absolute atomic E-state index is 3.69. The summed E-state index contributed by atoms with van der Waals surface area (Å²) in [6, 6.07) is 0. The average Bonchev–Trinajstić information content (AvgIpc) is 1.41. The molecule has 0 atom stereocenters. The molecular formula is C3H10N3W4-. The van der Waals surface area contributed by atoms with Crippen LogP contribution in [0.3, 0.4) is 0 Å². The van der Waals surface area contributed by atoms with E-state index < -0.39 is 0 Å². The van der Waals surface area contributed by atoms with E-state index in [2.05, 4.69) is 10.6 Å². The van der Waals surface area contributed by atoms with Crippen molar-refractivity contribution in [1.82, 2.24) is 0 Å². The molecule has 0 heterocycles. The zero-order valence-corrected chi connectivity index (χ0v) is 17.5. The fourth-order valence-corrected chi connectivity index (χ4v) is 0.141. The van der Waals surface area contributed by atoms with Gasteiger partial charge < -0.3 is 16.8 Å². The van der Waals surface area contributed by atoms with E-state index in [0.717, 1.165) is 0 Å². The van der Waals surface area contributed by atoms with Crippen LogP contribution in [0.4, 0.5) is 0 Å². The number of rotatable bonds is 2. The Bertz CT molecular complexity index is 23.2. The minimum atomic E-state index is 0. The number of hydrogen-bond acceptors (Lipinski definition) is 0. The second-order valence-corrected chi connectivity index (χ2v) is 0.774. The molecule has 0 fully saturated rings. The second-order valence-electron chi connectivity index (χ2n) is 0.774. The first-order valence-electron chi connectivity index (χ1n) is 1.53. The molecule has 0 bridgehead atoms. The van der Waals surface area contributed by atoms with E-state index in [9.17, 15) is 0 Å². The number of nitrogens with zero attached hydrogens (tertiary/aromatic N) is 2. The van der Waals surface area contributed by atoms with Crippen LogP contribution in [0.5, 0.6) is 0 Å². The van der Waals surface area contributed by atoms with Gasteiger partial charge in [-0.25, -0.2) is 0 Å². The van der Waals surface area contributed by atoms with E-state index >= 15 is 0 Å². The fraction of sp³-hybridized carbons (Fsp3) is 1.00. The third-order valence-corrected chi connectivity index (χ3v) is 0.283. The molecule has 0 unspecified atom stereocenters. The topological polar surface area (TPSA) is 61.7 Å². The zero-order chi connectivity index (χ0) is 4.12. The standard InChI is InChI=1S/C3H8N2.H2N.4W/c1-4-3-5-2;;;;;/h3H2,1-2H3;1H2;;;;/q-2;-1;;;;+2. The Hall–Kier alpha value is 2.63. The normalized spacial score (nSPS) is 4.20. The van der Waals surface area contributed by atoms with Gasteiger partial charge in [0.05, 0.1) is 0 Å². The van der Waals surface area contributed by atoms with E-state index in [4.69, 9.17) is 0 Å². The van der Waals surface area contributed by atoms with Gasteiger partial charge in [-0.1, -0.05) is 0 Å². The Morgan fingerprint density at radius 2 is 1.10 bits per heavy atom. The monoisotopic (exact) mass is 824 g/mol. The van der Waals surface area contributed by atoms with Crippen molar-refractivity contribution in [3.05, 3.63) is 16.8 Å². The quantitative estimate of drug-likeness (QED) is 0.408. The van der Waals surface area contributed by atoms with Crippen LogP contribution in [-0.2, 0) is 84.3 Å². The second kappa shape index (κ2) is 41.4. The van der Waals surface area contributed by atoms with Crippen molar-refractivity contribution < 1.29 is 84.3 Å². The minimum Gasteiger partial charge on any atom is -0.693 e. The predicted molar refractivity (Wildman–Crippen MR) is 28.7 cm³/mol. The Morgan fingerprint density at radius 1 is 0.900 bits per heavy atom. The van der Waals surface area contributed by atoms with Crippen molar-refractivity contribution in [3.8, 4) is 0 Å². The Labute approximate surface area is 120 Å². The third-order valence-electron chi connectivity index (χ3n) is 0.283. The molecule has 2 N–H and O–H groups in total. The van der Waals surface area contributed by atoms with E-state index in [1.807, 2.05) is 0 Å². The van der Waals surface area contributed by atoms with Crippen LogP contribution in [0.2, 0.25) is 0 Å². The maximum Gasteiger partial charge on any atom is 2.00 e. The summed E-state index contributed by atoms with van der Waals surface area (Å²) in [4.78, 5) is 0. The van der Waals surface area contributed by atoms with Gasteiger partial charge >= 0.3 is 21.1 Å². The van der Waals surface area contributed by atoms with Crippen LogP contribution in [0.1, 0.15) is 0 Å². The molecule has 0 aliphatic carbocycles. The molecule has 0 aliphatic rings. The molecule has 0 aliphatic heterocycles. The van der Waals surface area contributed by atoms with Crippen LogP contribution in [-0.4, -0.2) is 20.8 Å². The number of hydrogen-bond donors (Lipinski definition) is 0.